The van der Waals surface area contributed by atoms with Gasteiger partial charge >= 0.3 is 5.97 Å². The van der Waals surface area contributed by atoms with Crippen LogP contribution in [0.5, 0.6) is 0 Å². The number of nitrogens with zero attached hydrogens (tertiary/aromatic N) is 1. The summed E-state index contributed by atoms with van der Waals surface area (Å²) in [6.07, 6.45) is 2.05. The van der Waals surface area contributed by atoms with Gasteiger partial charge < -0.3 is 42.6 Å². The van der Waals surface area contributed by atoms with E-state index in [0.29, 0.717) is 5.69 Å². The summed E-state index contributed by atoms with van der Waals surface area (Å²) < 4.78 is 0. The lowest BCUT2D eigenvalue weighted by atomic mass is 10.1. The van der Waals surface area contributed by atoms with E-state index in [1.54, 1.807) is 0 Å². The van der Waals surface area contributed by atoms with Gasteiger partial charge in [-0.15, -0.1) is 0 Å². The number of imidazole rings is 1. The molecule has 4 unspecified atom stereocenters. The molecule has 1 rings (SSSR count). The van der Waals surface area contributed by atoms with Crippen LogP contribution in [0.15, 0.2) is 12.5 Å². The normalized spacial score (nSPS) is 14.5. The number of hydrogen-bond acceptors (Lipinski definition) is 9. The highest BCUT2D eigenvalue weighted by atomic mass is 32.1. The summed E-state index contributed by atoms with van der Waals surface area (Å²) in [6.45, 7) is -0.703. The molecule has 1 aromatic heterocycles. The maximum Gasteiger partial charge on any atom is 0.326 e. The monoisotopic (exact) mass is 459 g/mol. The van der Waals surface area contributed by atoms with E-state index in [2.05, 4.69) is 38.5 Å². The molecule has 0 aromatic carbocycles. The number of amides is 4. The number of aromatic amines is 1. The molecule has 0 aliphatic carbocycles. The van der Waals surface area contributed by atoms with Crippen molar-refractivity contribution in [3.8, 4) is 0 Å². The summed E-state index contributed by atoms with van der Waals surface area (Å²) in [5.41, 5.74) is 10.9. The molecule has 14 nitrogen and oxygen atoms in total. The molecule has 1 aromatic rings. The summed E-state index contributed by atoms with van der Waals surface area (Å²) >= 11 is 3.98. The summed E-state index contributed by atoms with van der Waals surface area (Å²) in [5.74, 6) is -5.18. The zero-order chi connectivity index (χ0) is 23.6. The fourth-order valence-electron chi connectivity index (χ4n) is 2.33. The third kappa shape index (κ3) is 8.61. The summed E-state index contributed by atoms with van der Waals surface area (Å²) in [4.78, 5) is 66.0. The molecule has 172 valence electrons. The lowest BCUT2D eigenvalue weighted by Crippen LogP contribution is -2.58. The minimum Gasteiger partial charge on any atom is -0.480 e. The van der Waals surface area contributed by atoms with Crippen molar-refractivity contribution in [3.63, 3.8) is 0 Å². The molecule has 0 aliphatic heterocycles. The van der Waals surface area contributed by atoms with Gasteiger partial charge in [0.15, 0.2) is 0 Å². The number of aliphatic hydroxyl groups is 1. The molecule has 10 N–H and O–H groups in total. The zero-order valence-corrected chi connectivity index (χ0v) is 17.2. The van der Waals surface area contributed by atoms with Crippen molar-refractivity contribution in [2.24, 2.45) is 11.5 Å². The molecule has 15 heteroatoms. The SMILES string of the molecule is NC(=O)CC(NC(=O)C(N)CO)C(=O)NC(CS)C(=O)NC(Cc1cnc[nH]1)C(=O)O. The Bertz CT molecular complexity index is 789. The summed E-state index contributed by atoms with van der Waals surface area (Å²) in [5, 5.41) is 25.0. The predicted molar refractivity (Wildman–Crippen MR) is 108 cm³/mol. The van der Waals surface area contributed by atoms with Crippen LogP contribution in [0.2, 0.25) is 0 Å². The largest absolute Gasteiger partial charge is 0.480 e. The third-order valence-corrected chi connectivity index (χ3v) is 4.35. The van der Waals surface area contributed by atoms with Crippen molar-refractivity contribution < 1.29 is 34.2 Å². The van der Waals surface area contributed by atoms with Crippen molar-refractivity contribution in [1.82, 2.24) is 25.9 Å². The van der Waals surface area contributed by atoms with Crippen LogP contribution in [-0.4, -0.2) is 86.3 Å². The number of carbonyl (C=O) groups excluding carboxylic acids is 4. The number of carboxylic acids is 1. The van der Waals surface area contributed by atoms with Crippen LogP contribution in [0.1, 0.15) is 12.1 Å². The van der Waals surface area contributed by atoms with Gasteiger partial charge in [0.1, 0.15) is 24.2 Å². The van der Waals surface area contributed by atoms with Gasteiger partial charge in [-0.1, -0.05) is 0 Å². The molecule has 1 heterocycles. The standard InChI is InChI=1S/C16H25N7O7S/c17-8(4-24)13(26)21-9(2-12(18)25)14(27)23-11(5-31)15(28)22-10(16(29)30)1-7-3-19-6-20-7/h3,6,8-11,24,31H,1-2,4-5,17H2,(H2,18,25)(H,19,20)(H,21,26)(H,22,28)(H,23,27)(H,29,30). The lowest BCUT2D eigenvalue weighted by molar-refractivity contribution is -0.142. The highest BCUT2D eigenvalue weighted by molar-refractivity contribution is 7.80. The summed E-state index contributed by atoms with van der Waals surface area (Å²) in [7, 11) is 0. The Morgan fingerprint density at radius 3 is 2.13 bits per heavy atom. The molecular formula is C16H25N7O7S. The second-order valence-electron chi connectivity index (χ2n) is 6.44. The number of H-pyrrole nitrogens is 1. The molecule has 0 radical (unpaired) electrons. The quantitative estimate of drug-likeness (QED) is 0.129. The molecule has 0 aliphatic rings. The number of aliphatic hydroxyl groups excluding tert-OH is 1. The number of carbonyl (C=O) groups is 5. The number of primary amides is 1. The molecular weight excluding hydrogens is 434 g/mol. The predicted octanol–water partition coefficient (Wildman–Crippen LogP) is -4.38. The van der Waals surface area contributed by atoms with E-state index in [1.807, 2.05) is 0 Å². The Kier molecular flexibility index (Phi) is 10.4. The van der Waals surface area contributed by atoms with Crippen molar-refractivity contribution in [3.05, 3.63) is 18.2 Å². The molecule has 0 fully saturated rings. The van der Waals surface area contributed by atoms with Gasteiger partial charge in [0, 0.05) is 24.1 Å². The number of carboxylic acid groups (broad SMARTS) is 1. The van der Waals surface area contributed by atoms with E-state index >= 15 is 0 Å². The van der Waals surface area contributed by atoms with Crippen LogP contribution in [0.25, 0.3) is 0 Å². The fourth-order valence-corrected chi connectivity index (χ4v) is 2.58. The van der Waals surface area contributed by atoms with Crippen LogP contribution in [0.4, 0.5) is 0 Å². The van der Waals surface area contributed by atoms with Gasteiger partial charge in [0.25, 0.3) is 0 Å². The third-order valence-electron chi connectivity index (χ3n) is 3.98. The minimum absolute atomic E-state index is 0.0896. The van der Waals surface area contributed by atoms with Gasteiger partial charge in [0.05, 0.1) is 19.4 Å². The minimum atomic E-state index is -1.47. The van der Waals surface area contributed by atoms with Crippen molar-refractivity contribution in [2.45, 2.75) is 37.0 Å². The second kappa shape index (κ2) is 12.5. The maximum atomic E-state index is 12.5. The van der Waals surface area contributed by atoms with Crippen LogP contribution in [-0.2, 0) is 30.4 Å². The Labute approximate surface area is 181 Å². The van der Waals surface area contributed by atoms with Crippen LogP contribution >= 0.6 is 12.6 Å². The van der Waals surface area contributed by atoms with E-state index in [4.69, 9.17) is 16.6 Å². The molecule has 0 saturated heterocycles. The number of nitrogens with two attached hydrogens (primary N) is 2. The molecule has 31 heavy (non-hydrogen) atoms. The highest BCUT2D eigenvalue weighted by Crippen LogP contribution is 2.02. The number of rotatable bonds is 13. The average Bonchev–Trinajstić information content (AvgIpc) is 3.22. The Balaban J connectivity index is 2.84. The van der Waals surface area contributed by atoms with Crippen LogP contribution < -0.4 is 27.4 Å². The topological polar surface area (TPSA) is 243 Å². The first-order valence-corrected chi connectivity index (χ1v) is 9.59. The van der Waals surface area contributed by atoms with Gasteiger partial charge in [-0.2, -0.15) is 12.6 Å². The van der Waals surface area contributed by atoms with Crippen LogP contribution in [0, 0.1) is 0 Å². The number of nitrogens with one attached hydrogen (secondary N) is 4. The number of aromatic nitrogens is 2. The van der Waals surface area contributed by atoms with Gasteiger partial charge in [0.2, 0.25) is 23.6 Å². The lowest BCUT2D eigenvalue weighted by Gasteiger charge is -2.23. The van der Waals surface area contributed by atoms with Crippen molar-refractivity contribution in [2.75, 3.05) is 12.4 Å². The number of aliphatic carboxylic acids is 1. The van der Waals surface area contributed by atoms with E-state index in [9.17, 15) is 29.1 Å². The van der Waals surface area contributed by atoms with Crippen molar-refractivity contribution in [1.29, 1.82) is 0 Å². The first-order valence-electron chi connectivity index (χ1n) is 8.95. The average molecular weight is 459 g/mol. The van der Waals surface area contributed by atoms with Gasteiger partial charge in [-0.05, 0) is 0 Å². The van der Waals surface area contributed by atoms with Crippen LogP contribution in [0.3, 0.4) is 0 Å². The Hall–Kier alpha value is -3.17. The molecule has 0 bridgehead atoms. The van der Waals surface area contributed by atoms with Gasteiger partial charge in [-0.25, -0.2) is 9.78 Å². The van der Waals surface area contributed by atoms with E-state index in [1.165, 1.54) is 12.5 Å². The maximum absolute atomic E-state index is 12.5. The Morgan fingerprint density at radius 2 is 1.65 bits per heavy atom. The molecule has 4 atom stereocenters. The molecule has 4 amide bonds. The van der Waals surface area contributed by atoms with Crippen molar-refractivity contribution >= 4 is 42.2 Å². The smallest absolute Gasteiger partial charge is 0.326 e. The van der Waals surface area contributed by atoms with Gasteiger partial charge in [-0.3, -0.25) is 19.2 Å². The van der Waals surface area contributed by atoms with E-state index in [0.717, 1.165) is 0 Å². The molecule has 0 saturated carbocycles. The Morgan fingerprint density at radius 1 is 1.06 bits per heavy atom. The molecule has 0 spiro atoms. The van der Waals surface area contributed by atoms with E-state index < -0.39 is 66.8 Å². The number of thiol groups is 1. The van der Waals surface area contributed by atoms with E-state index in [-0.39, 0.29) is 12.2 Å². The number of hydrogen-bond donors (Lipinski definition) is 9. The second-order valence-corrected chi connectivity index (χ2v) is 6.81. The highest BCUT2D eigenvalue weighted by Gasteiger charge is 2.30. The first-order chi connectivity index (χ1) is 14.6. The zero-order valence-electron chi connectivity index (χ0n) is 16.3. The summed E-state index contributed by atoms with van der Waals surface area (Å²) in [6, 6.07) is -5.43. The first kappa shape index (κ1) is 25.9. The fraction of sp³-hybridized carbons (Fsp3) is 0.500.